The van der Waals surface area contributed by atoms with E-state index in [9.17, 15) is 13.2 Å². The number of methoxy groups -OCH3 is 1. The smallest absolute Gasteiger partial charge is 0.434 e. The molecule has 9 nitrogen and oxygen atoms in total. The number of anilines is 1. The minimum atomic E-state index is -4.51. The molecule has 4 aromatic heterocycles. The van der Waals surface area contributed by atoms with E-state index in [4.69, 9.17) is 14.8 Å². The normalized spacial score (nSPS) is 20.1. The fourth-order valence-corrected chi connectivity index (χ4v) is 6.52. The molecule has 214 valence electrons. The first-order valence-corrected chi connectivity index (χ1v) is 14.0. The Kier molecular flexibility index (Phi) is 5.88. The van der Waals surface area contributed by atoms with Crippen molar-refractivity contribution in [2.24, 2.45) is 7.05 Å². The van der Waals surface area contributed by atoms with Gasteiger partial charge in [0.05, 0.1) is 24.4 Å². The molecule has 7 rings (SSSR count). The van der Waals surface area contributed by atoms with Crippen LogP contribution in [0.4, 0.5) is 19.0 Å². The molecular formula is C29H31F3N8O. The number of hydrogen-bond acceptors (Lipinski definition) is 7. The van der Waals surface area contributed by atoms with Crippen LogP contribution in [0.25, 0.3) is 22.6 Å². The zero-order valence-corrected chi connectivity index (χ0v) is 23.4. The van der Waals surface area contributed by atoms with Gasteiger partial charge in [-0.25, -0.2) is 19.9 Å². The predicted molar refractivity (Wildman–Crippen MR) is 146 cm³/mol. The molecule has 0 radical (unpaired) electrons. The van der Waals surface area contributed by atoms with E-state index >= 15 is 0 Å². The van der Waals surface area contributed by atoms with Crippen LogP contribution in [-0.4, -0.2) is 47.4 Å². The van der Waals surface area contributed by atoms with Crippen molar-refractivity contribution in [2.45, 2.75) is 76.2 Å². The van der Waals surface area contributed by atoms with E-state index < -0.39 is 11.9 Å². The van der Waals surface area contributed by atoms with Gasteiger partial charge in [-0.1, -0.05) is 0 Å². The monoisotopic (exact) mass is 564 g/mol. The lowest BCUT2D eigenvalue weighted by Gasteiger charge is -2.36. The number of hydrogen-bond donors (Lipinski definition) is 0. The third-order valence-corrected chi connectivity index (χ3v) is 8.56. The van der Waals surface area contributed by atoms with Gasteiger partial charge in [0.15, 0.2) is 5.69 Å². The molecule has 1 saturated heterocycles. The molecule has 12 heteroatoms. The topological polar surface area (TPSA) is 86.8 Å². The number of fused-ring (bicyclic) bond motifs is 4. The van der Waals surface area contributed by atoms with Gasteiger partial charge in [-0.2, -0.15) is 18.3 Å². The van der Waals surface area contributed by atoms with Crippen LogP contribution in [-0.2, 0) is 19.6 Å². The maximum atomic E-state index is 13.4. The zero-order valence-electron chi connectivity index (χ0n) is 23.4. The highest BCUT2D eigenvalue weighted by Crippen LogP contribution is 2.52. The van der Waals surface area contributed by atoms with Crippen molar-refractivity contribution in [1.29, 1.82) is 0 Å². The minimum absolute atomic E-state index is 0.0530. The molecular weight excluding hydrogens is 533 g/mol. The summed E-state index contributed by atoms with van der Waals surface area (Å²) in [5.74, 6) is 1.98. The summed E-state index contributed by atoms with van der Waals surface area (Å²) in [6.07, 6.45) is 4.72. The molecule has 2 aliphatic heterocycles. The van der Waals surface area contributed by atoms with Crippen LogP contribution in [0, 0.1) is 0 Å². The van der Waals surface area contributed by atoms with E-state index in [1.165, 1.54) is 5.69 Å². The Morgan fingerprint density at radius 1 is 1.05 bits per heavy atom. The molecule has 2 fully saturated rings. The second-order valence-electron chi connectivity index (χ2n) is 11.5. The average molecular weight is 565 g/mol. The molecule has 3 aliphatic rings. The van der Waals surface area contributed by atoms with E-state index in [1.54, 1.807) is 24.2 Å². The third-order valence-electron chi connectivity index (χ3n) is 8.56. The average Bonchev–Trinajstić information content (AvgIpc) is 3.49. The quantitative estimate of drug-likeness (QED) is 0.289. The highest BCUT2D eigenvalue weighted by Gasteiger charge is 2.45. The maximum Gasteiger partial charge on any atom is 0.434 e. The van der Waals surface area contributed by atoms with Crippen molar-refractivity contribution in [3.05, 3.63) is 53.5 Å². The second kappa shape index (κ2) is 9.28. The van der Waals surface area contributed by atoms with Gasteiger partial charge in [0, 0.05) is 60.7 Å². The summed E-state index contributed by atoms with van der Waals surface area (Å²) in [5.41, 5.74) is 4.74. The van der Waals surface area contributed by atoms with Crippen molar-refractivity contribution in [1.82, 2.24) is 34.3 Å². The number of nitrogens with zero attached hydrogens (tertiary/aromatic N) is 8. The Balaban J connectivity index is 1.28. The molecule has 1 aliphatic carbocycles. The van der Waals surface area contributed by atoms with Gasteiger partial charge in [0.1, 0.15) is 23.7 Å². The number of aryl methyl sites for hydroxylation is 1. The Bertz CT molecular complexity index is 1620. The fraction of sp³-hybridized carbons (Fsp3) is 0.483. The van der Waals surface area contributed by atoms with Crippen molar-refractivity contribution in [3.8, 4) is 28.5 Å². The summed E-state index contributed by atoms with van der Waals surface area (Å²) in [4.78, 5) is 20.1. The molecule has 2 atom stereocenters. The van der Waals surface area contributed by atoms with Gasteiger partial charge in [0.2, 0.25) is 5.88 Å². The highest BCUT2D eigenvalue weighted by atomic mass is 19.4. The SMILES string of the molecule is COc1ncnc(C2CC2)c1-c1nn(C)c2c1C1CCC(C2)N1c1ccc(-c2nc(C(F)(F)F)cn2C(C)C)cn1. The van der Waals surface area contributed by atoms with Crippen LogP contribution < -0.4 is 9.64 Å². The lowest BCUT2D eigenvalue weighted by atomic mass is 9.93. The van der Waals surface area contributed by atoms with Crippen molar-refractivity contribution in [2.75, 3.05) is 12.0 Å². The van der Waals surface area contributed by atoms with Crippen molar-refractivity contribution < 1.29 is 17.9 Å². The number of alkyl halides is 3. The molecule has 41 heavy (non-hydrogen) atoms. The van der Waals surface area contributed by atoms with Crippen LogP contribution in [0.1, 0.15) is 80.2 Å². The number of imidazole rings is 1. The van der Waals surface area contributed by atoms with Crippen LogP contribution in [0.2, 0.25) is 0 Å². The number of halogens is 3. The van der Waals surface area contributed by atoms with Crippen LogP contribution in [0.3, 0.4) is 0 Å². The molecule has 2 unspecified atom stereocenters. The van der Waals surface area contributed by atoms with Gasteiger partial charge in [-0.15, -0.1) is 0 Å². The highest BCUT2D eigenvalue weighted by molar-refractivity contribution is 5.74. The Morgan fingerprint density at radius 3 is 2.51 bits per heavy atom. The molecule has 0 amide bonds. The lowest BCUT2D eigenvalue weighted by Crippen LogP contribution is -2.38. The Morgan fingerprint density at radius 2 is 1.85 bits per heavy atom. The van der Waals surface area contributed by atoms with Crippen LogP contribution >= 0.6 is 0 Å². The van der Waals surface area contributed by atoms with Gasteiger partial charge in [-0.05, 0) is 51.7 Å². The molecule has 6 heterocycles. The first-order chi connectivity index (χ1) is 19.7. The summed E-state index contributed by atoms with van der Waals surface area (Å²) in [5, 5.41) is 5.00. The summed E-state index contributed by atoms with van der Waals surface area (Å²) < 4.78 is 49.6. The first-order valence-electron chi connectivity index (χ1n) is 14.0. The van der Waals surface area contributed by atoms with Gasteiger partial charge >= 0.3 is 6.18 Å². The molecule has 0 spiro atoms. The minimum Gasteiger partial charge on any atom is -0.480 e. The third kappa shape index (κ3) is 4.17. The molecule has 4 aromatic rings. The second-order valence-corrected chi connectivity index (χ2v) is 11.5. The number of aromatic nitrogens is 7. The van der Waals surface area contributed by atoms with E-state index in [0.717, 1.165) is 66.6 Å². The summed E-state index contributed by atoms with van der Waals surface area (Å²) >= 11 is 0. The number of pyridine rings is 1. The summed E-state index contributed by atoms with van der Waals surface area (Å²) in [6, 6.07) is 3.84. The molecule has 2 bridgehead atoms. The zero-order chi connectivity index (χ0) is 28.6. The molecule has 0 aromatic carbocycles. The molecule has 0 N–H and O–H groups in total. The number of ether oxygens (including phenoxy) is 1. The summed E-state index contributed by atoms with van der Waals surface area (Å²) in [7, 11) is 3.62. The van der Waals surface area contributed by atoms with Gasteiger partial charge < -0.3 is 14.2 Å². The van der Waals surface area contributed by atoms with Crippen LogP contribution in [0.5, 0.6) is 5.88 Å². The van der Waals surface area contributed by atoms with Crippen molar-refractivity contribution in [3.63, 3.8) is 0 Å². The predicted octanol–water partition coefficient (Wildman–Crippen LogP) is 5.89. The van der Waals surface area contributed by atoms with Crippen molar-refractivity contribution >= 4 is 5.82 Å². The van der Waals surface area contributed by atoms with E-state index in [2.05, 4.69) is 19.9 Å². The lowest BCUT2D eigenvalue weighted by molar-refractivity contribution is -0.140. The maximum absolute atomic E-state index is 13.4. The standard InChI is InChI=1S/C29H31F3N8O/c1-15(2)39-13-21(29(30,31)32)36-27(39)17-7-10-22(33-12-17)40-18-8-9-19(40)23-20(11-18)38(3)37-26(23)24-25(16-5-6-16)34-14-35-28(24)41-4/h7,10,12-16,18-19H,5-6,8-9,11H2,1-4H3. The van der Waals surface area contributed by atoms with E-state index in [-0.39, 0.29) is 23.9 Å². The Hall–Kier alpha value is -3.96. The van der Waals surface area contributed by atoms with E-state index in [0.29, 0.717) is 17.4 Å². The Labute approximate surface area is 235 Å². The van der Waals surface area contributed by atoms with Crippen LogP contribution in [0.15, 0.2) is 30.9 Å². The largest absolute Gasteiger partial charge is 0.480 e. The molecule has 1 saturated carbocycles. The summed E-state index contributed by atoms with van der Waals surface area (Å²) in [6.45, 7) is 3.67. The van der Waals surface area contributed by atoms with Gasteiger partial charge in [-0.3, -0.25) is 4.68 Å². The van der Waals surface area contributed by atoms with Gasteiger partial charge in [0.25, 0.3) is 0 Å². The fourth-order valence-electron chi connectivity index (χ4n) is 6.52. The number of rotatable bonds is 6. The van der Waals surface area contributed by atoms with E-state index in [1.807, 2.05) is 37.7 Å². The first kappa shape index (κ1) is 26.0.